The summed E-state index contributed by atoms with van der Waals surface area (Å²) in [5.74, 6) is -0.197. The Bertz CT molecular complexity index is 1000. The Balaban J connectivity index is 1.73. The zero-order valence-corrected chi connectivity index (χ0v) is 16.3. The maximum absolute atomic E-state index is 13.5. The zero-order valence-electron chi connectivity index (χ0n) is 16.3. The Morgan fingerprint density at radius 2 is 1.59 bits per heavy atom. The average Bonchev–Trinajstić information content (AvgIpc) is 2.90. The molecule has 1 unspecified atom stereocenters. The van der Waals surface area contributed by atoms with E-state index in [-0.39, 0.29) is 24.5 Å². The molecule has 3 aromatic rings. The number of anilines is 1. The van der Waals surface area contributed by atoms with Crippen LogP contribution < -0.4 is 5.32 Å². The van der Waals surface area contributed by atoms with Gasteiger partial charge in [-0.2, -0.15) is 0 Å². The summed E-state index contributed by atoms with van der Waals surface area (Å²) >= 11 is 0. The van der Waals surface area contributed by atoms with Crippen LogP contribution in [0.5, 0.6) is 0 Å². The number of nitrogens with one attached hydrogen (secondary N) is 1. The largest absolute Gasteiger partial charge is 0.324 e. The van der Waals surface area contributed by atoms with Gasteiger partial charge < -0.3 is 15.1 Å². The Morgan fingerprint density at radius 3 is 2.31 bits per heavy atom. The van der Waals surface area contributed by atoms with E-state index in [2.05, 4.69) is 5.32 Å². The minimum Gasteiger partial charge on any atom is -0.324 e. The number of hydrogen-bond acceptors (Lipinski definition) is 2. The molecule has 29 heavy (non-hydrogen) atoms. The fourth-order valence-electron chi connectivity index (χ4n) is 3.77. The molecule has 146 valence electrons. The minimum absolute atomic E-state index is 0.00773. The van der Waals surface area contributed by atoms with E-state index in [1.807, 2.05) is 84.9 Å². The van der Waals surface area contributed by atoms with Gasteiger partial charge in [0.1, 0.15) is 6.54 Å². The van der Waals surface area contributed by atoms with Crippen molar-refractivity contribution in [3.8, 4) is 0 Å². The van der Waals surface area contributed by atoms with E-state index in [1.54, 1.807) is 16.8 Å². The molecule has 0 fully saturated rings. The normalized spacial score (nSPS) is 15.8. The fourth-order valence-corrected chi connectivity index (χ4v) is 3.77. The summed E-state index contributed by atoms with van der Waals surface area (Å²) in [4.78, 5) is 29.4. The van der Waals surface area contributed by atoms with Gasteiger partial charge in [0, 0.05) is 24.8 Å². The summed E-state index contributed by atoms with van der Waals surface area (Å²) in [6.45, 7) is 0.465. The molecule has 0 saturated heterocycles. The number of para-hydroxylation sites is 1. The van der Waals surface area contributed by atoms with E-state index in [1.165, 1.54) is 0 Å². The van der Waals surface area contributed by atoms with Gasteiger partial charge in [-0.05, 0) is 17.2 Å². The molecule has 5 heteroatoms. The van der Waals surface area contributed by atoms with Crippen LogP contribution in [0, 0.1) is 0 Å². The van der Waals surface area contributed by atoms with Gasteiger partial charge in [-0.25, -0.2) is 4.79 Å². The zero-order chi connectivity index (χ0) is 20.2. The van der Waals surface area contributed by atoms with Crippen LogP contribution in [-0.2, 0) is 11.3 Å². The summed E-state index contributed by atoms with van der Waals surface area (Å²) < 4.78 is 0. The topological polar surface area (TPSA) is 52.7 Å². The molecule has 0 radical (unpaired) electrons. The van der Waals surface area contributed by atoms with Crippen molar-refractivity contribution in [2.75, 3.05) is 18.9 Å². The van der Waals surface area contributed by atoms with Crippen LogP contribution in [0.2, 0.25) is 0 Å². The quantitative estimate of drug-likeness (QED) is 0.732. The molecule has 1 atom stereocenters. The van der Waals surface area contributed by atoms with Crippen LogP contribution in [0.25, 0.3) is 0 Å². The lowest BCUT2D eigenvalue weighted by Gasteiger charge is -2.33. The molecule has 1 aliphatic heterocycles. The molecular weight excluding hydrogens is 362 g/mol. The lowest BCUT2D eigenvalue weighted by atomic mass is 9.96. The maximum atomic E-state index is 13.5. The number of benzene rings is 3. The first kappa shape index (κ1) is 18.7. The van der Waals surface area contributed by atoms with Crippen molar-refractivity contribution < 1.29 is 9.59 Å². The Hall–Kier alpha value is -3.60. The van der Waals surface area contributed by atoms with Crippen molar-refractivity contribution in [2.24, 2.45) is 0 Å². The Labute approximate surface area is 170 Å². The maximum Gasteiger partial charge on any atom is 0.321 e. The number of carbonyl (C=O) groups excluding carboxylic acids is 2. The molecule has 4 rings (SSSR count). The summed E-state index contributed by atoms with van der Waals surface area (Å²) in [5.41, 5.74) is 3.66. The molecule has 0 aromatic heterocycles. The van der Waals surface area contributed by atoms with Gasteiger partial charge in [-0.15, -0.1) is 0 Å². The molecule has 0 bridgehead atoms. The molecule has 0 aliphatic carbocycles. The standard InChI is InChI=1S/C24H23N3O2/c1-26(16-18-10-4-2-5-11-18)24(29)27-17-22(28)25-21-15-9-8-14-20(21)23(27)19-12-6-3-7-13-19/h2-15,23H,16-17H2,1H3,(H,25,28). The van der Waals surface area contributed by atoms with Gasteiger partial charge in [0.25, 0.3) is 0 Å². The molecule has 5 nitrogen and oxygen atoms in total. The lowest BCUT2D eigenvalue weighted by Crippen LogP contribution is -2.45. The highest BCUT2D eigenvalue weighted by molar-refractivity contribution is 5.96. The van der Waals surface area contributed by atoms with Gasteiger partial charge in [-0.1, -0.05) is 78.9 Å². The number of nitrogens with zero attached hydrogens (tertiary/aromatic N) is 2. The monoisotopic (exact) mass is 385 g/mol. The van der Waals surface area contributed by atoms with E-state index < -0.39 is 0 Å². The second kappa shape index (κ2) is 8.19. The molecule has 0 saturated carbocycles. The highest BCUT2D eigenvalue weighted by Gasteiger charge is 2.34. The van der Waals surface area contributed by atoms with Crippen molar-refractivity contribution in [3.63, 3.8) is 0 Å². The second-order valence-electron chi connectivity index (χ2n) is 7.20. The van der Waals surface area contributed by atoms with Crippen LogP contribution in [0.4, 0.5) is 10.5 Å². The number of fused-ring (bicyclic) bond motifs is 1. The van der Waals surface area contributed by atoms with Crippen molar-refractivity contribution >= 4 is 17.6 Å². The SMILES string of the molecule is CN(Cc1ccccc1)C(=O)N1CC(=O)Nc2ccccc2C1c1ccccc1. The van der Waals surface area contributed by atoms with Crippen molar-refractivity contribution in [2.45, 2.75) is 12.6 Å². The first-order valence-corrected chi connectivity index (χ1v) is 9.63. The minimum atomic E-state index is -0.350. The van der Waals surface area contributed by atoms with Crippen LogP contribution in [0.1, 0.15) is 22.7 Å². The number of amides is 3. The predicted octanol–water partition coefficient (Wildman–Crippen LogP) is 4.28. The molecule has 3 aromatic carbocycles. The third-order valence-corrected chi connectivity index (χ3v) is 5.11. The summed E-state index contributed by atoms with van der Waals surface area (Å²) in [7, 11) is 1.77. The van der Waals surface area contributed by atoms with Crippen LogP contribution >= 0.6 is 0 Å². The fraction of sp³-hybridized carbons (Fsp3) is 0.167. The van der Waals surface area contributed by atoms with E-state index >= 15 is 0 Å². The van der Waals surface area contributed by atoms with E-state index in [9.17, 15) is 9.59 Å². The van der Waals surface area contributed by atoms with Gasteiger partial charge in [-0.3, -0.25) is 4.79 Å². The van der Waals surface area contributed by atoms with Crippen LogP contribution in [0.3, 0.4) is 0 Å². The third kappa shape index (κ3) is 3.99. The summed E-state index contributed by atoms with van der Waals surface area (Å²) in [6, 6.07) is 26.8. The molecule has 1 heterocycles. The smallest absolute Gasteiger partial charge is 0.321 e. The van der Waals surface area contributed by atoms with Gasteiger partial charge >= 0.3 is 6.03 Å². The highest BCUT2D eigenvalue weighted by Crippen LogP contribution is 2.36. The average molecular weight is 385 g/mol. The second-order valence-corrected chi connectivity index (χ2v) is 7.20. The number of carbonyl (C=O) groups is 2. The summed E-state index contributed by atoms with van der Waals surface area (Å²) in [5, 5.41) is 2.94. The molecule has 3 amide bonds. The van der Waals surface area contributed by atoms with E-state index in [4.69, 9.17) is 0 Å². The van der Waals surface area contributed by atoms with Crippen molar-refractivity contribution in [1.29, 1.82) is 0 Å². The Kier molecular flexibility index (Phi) is 5.29. The molecular formula is C24H23N3O2. The number of urea groups is 1. The number of hydrogen-bond donors (Lipinski definition) is 1. The predicted molar refractivity (Wildman–Crippen MR) is 113 cm³/mol. The number of rotatable bonds is 3. The van der Waals surface area contributed by atoms with Gasteiger partial charge in [0.15, 0.2) is 0 Å². The third-order valence-electron chi connectivity index (χ3n) is 5.11. The first-order valence-electron chi connectivity index (χ1n) is 9.63. The summed E-state index contributed by atoms with van der Waals surface area (Å²) in [6.07, 6.45) is 0. The first-order chi connectivity index (χ1) is 14.1. The van der Waals surface area contributed by atoms with E-state index in [0.717, 1.165) is 22.4 Å². The van der Waals surface area contributed by atoms with Crippen molar-refractivity contribution in [1.82, 2.24) is 9.80 Å². The van der Waals surface area contributed by atoms with Gasteiger partial charge in [0.2, 0.25) is 5.91 Å². The Morgan fingerprint density at radius 1 is 0.966 bits per heavy atom. The highest BCUT2D eigenvalue weighted by atomic mass is 16.2. The van der Waals surface area contributed by atoms with Gasteiger partial charge in [0.05, 0.1) is 6.04 Å². The molecule has 1 N–H and O–H groups in total. The molecule has 1 aliphatic rings. The van der Waals surface area contributed by atoms with E-state index in [0.29, 0.717) is 6.54 Å². The van der Waals surface area contributed by atoms with Crippen molar-refractivity contribution in [3.05, 3.63) is 102 Å². The molecule has 0 spiro atoms. The lowest BCUT2D eigenvalue weighted by molar-refractivity contribution is -0.117. The van der Waals surface area contributed by atoms with Crippen LogP contribution in [-0.4, -0.2) is 35.3 Å². The van der Waals surface area contributed by atoms with Crippen LogP contribution in [0.15, 0.2) is 84.9 Å².